The number of rotatable bonds is 6. The highest BCUT2D eigenvalue weighted by Crippen LogP contribution is 2.35. The smallest absolute Gasteiger partial charge is 0.410 e. The van der Waals surface area contributed by atoms with Crippen LogP contribution in [0.3, 0.4) is 0 Å². The van der Waals surface area contributed by atoms with Crippen LogP contribution in [0.1, 0.15) is 61.7 Å². The van der Waals surface area contributed by atoms with Gasteiger partial charge < -0.3 is 25.0 Å². The molecule has 0 saturated carbocycles. The molecule has 8 heteroatoms. The topological polar surface area (TPSA) is 92.8 Å². The molecule has 0 radical (unpaired) electrons. The molecule has 38 heavy (non-hydrogen) atoms. The lowest BCUT2D eigenvalue weighted by molar-refractivity contribution is 0.0174. The van der Waals surface area contributed by atoms with Crippen molar-refractivity contribution in [1.82, 2.24) is 9.88 Å². The van der Waals surface area contributed by atoms with Crippen LogP contribution in [0.4, 0.5) is 16.2 Å². The van der Waals surface area contributed by atoms with E-state index >= 15 is 0 Å². The molecule has 0 unspecified atom stereocenters. The number of pyridine rings is 1. The number of fused-ring (bicyclic) bond motifs is 1. The summed E-state index contributed by atoms with van der Waals surface area (Å²) < 4.78 is 10.8. The van der Waals surface area contributed by atoms with E-state index in [-0.39, 0.29) is 17.4 Å². The number of carbonyl (C=O) groups is 2. The summed E-state index contributed by atoms with van der Waals surface area (Å²) in [5, 5.41) is 6.37. The Kier molecular flexibility index (Phi) is 7.62. The zero-order chi connectivity index (χ0) is 27.5. The van der Waals surface area contributed by atoms with Crippen LogP contribution >= 0.6 is 0 Å². The molecular formula is C30H36N4O4. The highest BCUT2D eigenvalue weighted by atomic mass is 16.6. The van der Waals surface area contributed by atoms with Crippen LogP contribution in [0.5, 0.6) is 5.88 Å². The Morgan fingerprint density at radius 1 is 1.08 bits per heavy atom. The minimum Gasteiger partial charge on any atom is -0.481 e. The molecule has 4 rings (SSSR count). The molecular weight excluding hydrogens is 480 g/mol. The van der Waals surface area contributed by atoms with Crippen LogP contribution < -0.4 is 15.4 Å². The predicted molar refractivity (Wildman–Crippen MR) is 149 cm³/mol. The standard InChI is InChI=1S/C30H36N4O4/c1-29(2,3)38-28(36)34-18-21-16-22(11-12-24(21)30(4,5)19-34)33-27(35)23-9-7-8-10-25(23)32-17-20-13-14-31-26(15-20)37-6/h7-16,32H,17-19H2,1-6H3,(H,33,35). The summed E-state index contributed by atoms with van der Waals surface area (Å²) in [6, 6.07) is 17.0. The van der Waals surface area contributed by atoms with E-state index in [0.29, 0.717) is 36.8 Å². The monoisotopic (exact) mass is 516 g/mol. The molecule has 0 saturated heterocycles. The number of ether oxygens (including phenoxy) is 2. The SMILES string of the molecule is COc1cc(CNc2ccccc2C(=O)Nc2ccc3c(c2)CN(C(=O)OC(C)(C)C)CC3(C)C)ccn1. The van der Waals surface area contributed by atoms with Gasteiger partial charge in [-0.3, -0.25) is 4.79 Å². The third-order valence-corrected chi connectivity index (χ3v) is 6.35. The molecule has 0 aliphatic carbocycles. The Morgan fingerprint density at radius 2 is 1.84 bits per heavy atom. The van der Waals surface area contributed by atoms with Crippen LogP contribution in [-0.4, -0.2) is 41.1 Å². The first-order chi connectivity index (χ1) is 17.9. The number of amides is 2. The average molecular weight is 517 g/mol. The maximum Gasteiger partial charge on any atom is 0.410 e. The minimum atomic E-state index is -0.567. The highest BCUT2D eigenvalue weighted by Gasteiger charge is 2.35. The lowest BCUT2D eigenvalue weighted by atomic mass is 9.78. The number of anilines is 2. The number of benzene rings is 2. The lowest BCUT2D eigenvalue weighted by Gasteiger charge is -2.40. The normalized spacial score (nSPS) is 14.3. The molecule has 1 aromatic heterocycles. The molecule has 3 aromatic rings. The summed E-state index contributed by atoms with van der Waals surface area (Å²) in [5.74, 6) is 0.315. The van der Waals surface area contributed by atoms with Gasteiger partial charge in [-0.15, -0.1) is 0 Å². The van der Waals surface area contributed by atoms with E-state index in [1.807, 2.05) is 69.3 Å². The van der Waals surface area contributed by atoms with Crippen molar-refractivity contribution < 1.29 is 19.1 Å². The maximum atomic E-state index is 13.3. The van der Waals surface area contributed by atoms with E-state index < -0.39 is 5.60 Å². The first-order valence-corrected chi connectivity index (χ1v) is 12.7. The second-order valence-corrected chi connectivity index (χ2v) is 11.2. The third kappa shape index (κ3) is 6.43. The fourth-order valence-corrected chi connectivity index (χ4v) is 4.64. The van der Waals surface area contributed by atoms with Crippen molar-refractivity contribution in [3.05, 3.63) is 83.0 Å². The molecule has 0 atom stereocenters. The second-order valence-electron chi connectivity index (χ2n) is 11.2. The van der Waals surface area contributed by atoms with E-state index in [9.17, 15) is 9.59 Å². The number of aromatic nitrogens is 1. The first kappa shape index (κ1) is 27.0. The molecule has 0 spiro atoms. The molecule has 2 N–H and O–H groups in total. The molecule has 2 amide bonds. The van der Waals surface area contributed by atoms with E-state index in [1.165, 1.54) is 0 Å². The van der Waals surface area contributed by atoms with Gasteiger partial charge in [0.2, 0.25) is 5.88 Å². The quantitative estimate of drug-likeness (QED) is 0.419. The average Bonchev–Trinajstić information content (AvgIpc) is 2.86. The number of hydrogen-bond acceptors (Lipinski definition) is 6. The van der Waals surface area contributed by atoms with Gasteiger partial charge in [-0.05, 0) is 67.8 Å². The van der Waals surface area contributed by atoms with E-state index in [1.54, 1.807) is 24.3 Å². The molecule has 2 heterocycles. The van der Waals surface area contributed by atoms with Crippen molar-refractivity contribution in [3.8, 4) is 5.88 Å². The third-order valence-electron chi connectivity index (χ3n) is 6.35. The summed E-state index contributed by atoms with van der Waals surface area (Å²) in [4.78, 5) is 32.0. The zero-order valence-electron chi connectivity index (χ0n) is 22.9. The van der Waals surface area contributed by atoms with Gasteiger partial charge in [-0.1, -0.05) is 32.0 Å². The Labute approximate surface area is 224 Å². The molecule has 1 aliphatic rings. The van der Waals surface area contributed by atoms with Crippen LogP contribution in [0.15, 0.2) is 60.8 Å². The van der Waals surface area contributed by atoms with Crippen molar-refractivity contribution in [2.45, 2.75) is 58.7 Å². The summed E-state index contributed by atoms with van der Waals surface area (Å²) >= 11 is 0. The molecule has 8 nitrogen and oxygen atoms in total. The van der Waals surface area contributed by atoms with Crippen molar-refractivity contribution in [2.75, 3.05) is 24.3 Å². The predicted octanol–water partition coefficient (Wildman–Crippen LogP) is 5.98. The van der Waals surface area contributed by atoms with E-state index in [0.717, 1.165) is 22.4 Å². The summed E-state index contributed by atoms with van der Waals surface area (Å²) in [6.45, 7) is 11.3. The van der Waals surface area contributed by atoms with Crippen LogP contribution in [0.25, 0.3) is 0 Å². The van der Waals surface area contributed by atoms with Gasteiger partial charge >= 0.3 is 6.09 Å². The summed E-state index contributed by atoms with van der Waals surface area (Å²) in [7, 11) is 1.58. The molecule has 2 aromatic carbocycles. The zero-order valence-corrected chi connectivity index (χ0v) is 22.9. The van der Waals surface area contributed by atoms with Gasteiger partial charge in [0.15, 0.2) is 0 Å². The number of para-hydroxylation sites is 1. The van der Waals surface area contributed by atoms with E-state index in [4.69, 9.17) is 9.47 Å². The van der Waals surface area contributed by atoms with Gasteiger partial charge in [-0.25, -0.2) is 9.78 Å². The van der Waals surface area contributed by atoms with Crippen molar-refractivity contribution in [2.24, 2.45) is 0 Å². The fraction of sp³-hybridized carbons (Fsp3) is 0.367. The van der Waals surface area contributed by atoms with Crippen LogP contribution in [0.2, 0.25) is 0 Å². The Balaban J connectivity index is 1.50. The van der Waals surface area contributed by atoms with Gasteiger partial charge in [0, 0.05) is 48.7 Å². The number of methoxy groups -OCH3 is 1. The largest absolute Gasteiger partial charge is 0.481 e. The molecule has 0 fully saturated rings. The number of nitrogens with one attached hydrogen (secondary N) is 2. The van der Waals surface area contributed by atoms with Crippen molar-refractivity contribution in [3.63, 3.8) is 0 Å². The number of hydrogen-bond donors (Lipinski definition) is 2. The van der Waals surface area contributed by atoms with Gasteiger partial charge in [0.25, 0.3) is 5.91 Å². The Morgan fingerprint density at radius 3 is 2.58 bits per heavy atom. The number of nitrogens with zero attached hydrogens (tertiary/aromatic N) is 2. The van der Waals surface area contributed by atoms with E-state index in [2.05, 4.69) is 29.5 Å². The Bertz CT molecular complexity index is 1330. The minimum absolute atomic E-state index is 0.223. The lowest BCUT2D eigenvalue weighted by Crippen LogP contribution is -2.46. The molecule has 200 valence electrons. The van der Waals surface area contributed by atoms with Crippen molar-refractivity contribution in [1.29, 1.82) is 0 Å². The van der Waals surface area contributed by atoms with Crippen molar-refractivity contribution >= 4 is 23.4 Å². The van der Waals surface area contributed by atoms with Gasteiger partial charge in [-0.2, -0.15) is 0 Å². The molecule has 0 bridgehead atoms. The maximum absolute atomic E-state index is 13.3. The van der Waals surface area contributed by atoms with Gasteiger partial charge in [0.1, 0.15) is 5.60 Å². The van der Waals surface area contributed by atoms with Gasteiger partial charge in [0.05, 0.1) is 12.7 Å². The number of carbonyl (C=O) groups excluding carboxylic acids is 2. The van der Waals surface area contributed by atoms with Crippen LogP contribution in [0, 0.1) is 0 Å². The Hall–Kier alpha value is -4.07. The highest BCUT2D eigenvalue weighted by molar-refractivity contribution is 6.08. The molecule has 1 aliphatic heterocycles. The second kappa shape index (κ2) is 10.7. The van der Waals surface area contributed by atoms with Crippen LogP contribution in [-0.2, 0) is 23.2 Å². The summed E-state index contributed by atoms with van der Waals surface area (Å²) in [5.41, 5.74) is 4.23. The summed E-state index contributed by atoms with van der Waals surface area (Å²) in [6.07, 6.45) is 1.35. The first-order valence-electron chi connectivity index (χ1n) is 12.7. The fourth-order valence-electron chi connectivity index (χ4n) is 4.64.